The van der Waals surface area contributed by atoms with E-state index in [4.69, 9.17) is 20.8 Å². The highest BCUT2D eigenvalue weighted by atomic mass is 35.5. The number of hydrogen-bond acceptors (Lipinski definition) is 5. The summed E-state index contributed by atoms with van der Waals surface area (Å²) in [6.07, 6.45) is 0.854. The SMILES string of the molecule is CCc1nnc(CN2C[C@@H](C)Oc3ccc(Cl)cc32)o1. The van der Waals surface area contributed by atoms with Gasteiger partial charge in [-0.1, -0.05) is 18.5 Å². The molecule has 0 spiro atoms. The summed E-state index contributed by atoms with van der Waals surface area (Å²) in [4.78, 5) is 2.16. The Kier molecular flexibility index (Phi) is 3.53. The number of aromatic nitrogens is 2. The molecule has 0 aliphatic carbocycles. The molecular formula is C14H16ClN3O2. The summed E-state index contributed by atoms with van der Waals surface area (Å²) in [6.45, 7) is 5.35. The predicted molar refractivity (Wildman–Crippen MR) is 76.3 cm³/mol. The normalized spacial score (nSPS) is 17.8. The van der Waals surface area contributed by atoms with Gasteiger partial charge in [-0.05, 0) is 25.1 Å². The first-order valence-corrected chi connectivity index (χ1v) is 7.06. The van der Waals surface area contributed by atoms with E-state index in [2.05, 4.69) is 15.1 Å². The molecule has 0 fully saturated rings. The first kappa shape index (κ1) is 13.2. The Labute approximate surface area is 122 Å². The van der Waals surface area contributed by atoms with E-state index in [-0.39, 0.29) is 6.10 Å². The van der Waals surface area contributed by atoms with Crippen LogP contribution in [0.3, 0.4) is 0 Å². The molecule has 1 aliphatic rings. The van der Waals surface area contributed by atoms with Crippen molar-refractivity contribution in [3.8, 4) is 5.75 Å². The van der Waals surface area contributed by atoms with E-state index < -0.39 is 0 Å². The third-order valence-corrected chi connectivity index (χ3v) is 3.44. The van der Waals surface area contributed by atoms with Crippen molar-refractivity contribution in [3.63, 3.8) is 0 Å². The molecule has 3 rings (SSSR count). The number of benzene rings is 1. The summed E-state index contributed by atoms with van der Waals surface area (Å²) in [7, 11) is 0. The molecule has 0 N–H and O–H groups in total. The van der Waals surface area contributed by atoms with Crippen LogP contribution in [0.4, 0.5) is 5.69 Å². The van der Waals surface area contributed by atoms with Crippen molar-refractivity contribution in [1.82, 2.24) is 10.2 Å². The molecule has 0 radical (unpaired) electrons. The van der Waals surface area contributed by atoms with Gasteiger partial charge in [0.2, 0.25) is 11.8 Å². The smallest absolute Gasteiger partial charge is 0.235 e. The predicted octanol–water partition coefficient (Wildman–Crippen LogP) is 3.07. The molecule has 1 aromatic carbocycles. The first-order chi connectivity index (χ1) is 9.65. The molecule has 106 valence electrons. The number of nitrogens with zero attached hydrogens (tertiary/aromatic N) is 3. The highest BCUT2D eigenvalue weighted by Crippen LogP contribution is 2.36. The number of hydrogen-bond donors (Lipinski definition) is 0. The van der Waals surface area contributed by atoms with E-state index in [0.717, 1.165) is 24.4 Å². The van der Waals surface area contributed by atoms with Crippen LogP contribution in [0, 0.1) is 0 Å². The topological polar surface area (TPSA) is 51.4 Å². The van der Waals surface area contributed by atoms with Crippen molar-refractivity contribution in [2.75, 3.05) is 11.4 Å². The molecule has 1 atom stereocenters. The molecule has 5 nitrogen and oxygen atoms in total. The fourth-order valence-corrected chi connectivity index (χ4v) is 2.47. The third-order valence-electron chi connectivity index (χ3n) is 3.20. The van der Waals surface area contributed by atoms with E-state index in [9.17, 15) is 0 Å². The van der Waals surface area contributed by atoms with E-state index in [1.54, 1.807) is 0 Å². The average Bonchev–Trinajstić information content (AvgIpc) is 2.87. The maximum atomic E-state index is 6.07. The van der Waals surface area contributed by atoms with E-state index in [1.807, 2.05) is 32.0 Å². The molecular weight excluding hydrogens is 278 g/mol. The molecule has 1 aliphatic heterocycles. The molecule has 0 unspecified atom stereocenters. The van der Waals surface area contributed by atoms with E-state index in [0.29, 0.717) is 23.3 Å². The van der Waals surface area contributed by atoms with Gasteiger partial charge in [0.15, 0.2) is 0 Å². The number of ether oxygens (including phenoxy) is 1. The summed E-state index contributed by atoms with van der Waals surface area (Å²) in [6, 6.07) is 5.63. The summed E-state index contributed by atoms with van der Waals surface area (Å²) in [5.74, 6) is 2.11. The van der Waals surface area contributed by atoms with Crippen LogP contribution < -0.4 is 9.64 Å². The average molecular weight is 294 g/mol. The van der Waals surface area contributed by atoms with Crippen LogP contribution in [0.5, 0.6) is 5.75 Å². The standard InChI is InChI=1S/C14H16ClN3O2/c1-3-13-16-17-14(20-13)8-18-7-9(2)19-12-5-4-10(15)6-11(12)18/h4-6,9H,3,7-8H2,1-2H3/t9-/m1/s1. The zero-order valence-electron chi connectivity index (χ0n) is 11.5. The van der Waals surface area contributed by atoms with Crippen LogP contribution in [0.25, 0.3) is 0 Å². The number of halogens is 1. The van der Waals surface area contributed by atoms with Gasteiger partial charge >= 0.3 is 0 Å². The lowest BCUT2D eigenvalue weighted by Gasteiger charge is -2.34. The molecule has 20 heavy (non-hydrogen) atoms. The van der Waals surface area contributed by atoms with Gasteiger partial charge in [-0.3, -0.25) is 0 Å². The van der Waals surface area contributed by atoms with Crippen molar-refractivity contribution in [3.05, 3.63) is 35.0 Å². The largest absolute Gasteiger partial charge is 0.487 e. The third kappa shape index (κ3) is 2.58. The summed E-state index contributed by atoms with van der Waals surface area (Å²) < 4.78 is 11.4. The minimum absolute atomic E-state index is 0.109. The van der Waals surface area contributed by atoms with Crippen LogP contribution in [0.1, 0.15) is 25.6 Å². The molecule has 6 heteroatoms. The highest BCUT2D eigenvalue weighted by Gasteiger charge is 2.24. The summed E-state index contributed by atoms with van der Waals surface area (Å²) >= 11 is 6.07. The Bertz CT molecular complexity index is 614. The quantitative estimate of drug-likeness (QED) is 0.870. The lowest BCUT2D eigenvalue weighted by molar-refractivity contribution is 0.210. The van der Waals surface area contributed by atoms with Crippen molar-refractivity contribution >= 4 is 17.3 Å². The Morgan fingerprint density at radius 1 is 1.35 bits per heavy atom. The lowest BCUT2D eigenvalue weighted by atomic mass is 10.2. The van der Waals surface area contributed by atoms with E-state index in [1.165, 1.54) is 0 Å². The van der Waals surface area contributed by atoms with Crippen LogP contribution in [-0.4, -0.2) is 22.8 Å². The summed E-state index contributed by atoms with van der Waals surface area (Å²) in [5, 5.41) is 8.75. The van der Waals surface area contributed by atoms with Gasteiger partial charge in [0.05, 0.1) is 18.8 Å². The first-order valence-electron chi connectivity index (χ1n) is 6.68. The van der Waals surface area contributed by atoms with Crippen LogP contribution in [0.15, 0.2) is 22.6 Å². The van der Waals surface area contributed by atoms with Crippen LogP contribution in [-0.2, 0) is 13.0 Å². The van der Waals surface area contributed by atoms with Gasteiger partial charge in [-0.15, -0.1) is 10.2 Å². The second-order valence-corrected chi connectivity index (χ2v) is 5.30. The van der Waals surface area contributed by atoms with Gasteiger partial charge in [-0.25, -0.2) is 0 Å². The highest BCUT2D eigenvalue weighted by molar-refractivity contribution is 6.30. The van der Waals surface area contributed by atoms with Gasteiger partial charge in [0, 0.05) is 11.4 Å². The maximum absolute atomic E-state index is 6.07. The summed E-state index contributed by atoms with van der Waals surface area (Å²) in [5.41, 5.74) is 0.965. The Balaban J connectivity index is 1.88. The zero-order chi connectivity index (χ0) is 14.1. The van der Waals surface area contributed by atoms with Crippen LogP contribution in [0.2, 0.25) is 5.02 Å². The zero-order valence-corrected chi connectivity index (χ0v) is 12.2. The van der Waals surface area contributed by atoms with Crippen molar-refractivity contribution in [1.29, 1.82) is 0 Å². The second-order valence-electron chi connectivity index (χ2n) is 4.86. The van der Waals surface area contributed by atoms with Crippen LogP contribution >= 0.6 is 11.6 Å². The molecule has 0 amide bonds. The minimum Gasteiger partial charge on any atom is -0.487 e. The molecule has 0 bridgehead atoms. The van der Waals surface area contributed by atoms with Crippen molar-refractivity contribution in [2.24, 2.45) is 0 Å². The monoisotopic (exact) mass is 293 g/mol. The number of fused-ring (bicyclic) bond motifs is 1. The molecule has 1 aromatic heterocycles. The Hall–Kier alpha value is -1.75. The van der Waals surface area contributed by atoms with E-state index >= 15 is 0 Å². The van der Waals surface area contributed by atoms with Gasteiger partial charge in [0.25, 0.3) is 0 Å². The Morgan fingerprint density at radius 3 is 2.90 bits per heavy atom. The number of rotatable bonds is 3. The maximum Gasteiger partial charge on any atom is 0.235 e. The molecule has 0 saturated carbocycles. The molecule has 0 saturated heterocycles. The number of aryl methyl sites for hydroxylation is 1. The Morgan fingerprint density at radius 2 is 2.15 bits per heavy atom. The lowest BCUT2D eigenvalue weighted by Crippen LogP contribution is -2.38. The van der Waals surface area contributed by atoms with Gasteiger partial charge in [0.1, 0.15) is 11.9 Å². The fraction of sp³-hybridized carbons (Fsp3) is 0.429. The minimum atomic E-state index is 0.109. The second kappa shape index (κ2) is 5.32. The number of anilines is 1. The van der Waals surface area contributed by atoms with Crippen molar-refractivity contribution in [2.45, 2.75) is 32.9 Å². The van der Waals surface area contributed by atoms with Gasteiger partial charge < -0.3 is 14.1 Å². The molecule has 2 aromatic rings. The molecule has 2 heterocycles. The fourth-order valence-electron chi connectivity index (χ4n) is 2.31. The van der Waals surface area contributed by atoms with Crippen molar-refractivity contribution < 1.29 is 9.15 Å². The van der Waals surface area contributed by atoms with Gasteiger partial charge in [-0.2, -0.15) is 0 Å².